The zero-order valence-corrected chi connectivity index (χ0v) is 11.9. The molecule has 1 aliphatic heterocycles. The van der Waals surface area contributed by atoms with E-state index in [1.807, 2.05) is 55.6 Å². The number of methoxy groups -OCH3 is 1. The maximum Gasteiger partial charge on any atom is 0.254 e. The van der Waals surface area contributed by atoms with Gasteiger partial charge in [-0.15, -0.1) is 0 Å². The number of carbonyl (C=O) groups is 1. The van der Waals surface area contributed by atoms with Crippen LogP contribution in [0.3, 0.4) is 0 Å². The molecule has 0 aliphatic carbocycles. The predicted octanol–water partition coefficient (Wildman–Crippen LogP) is 3.04. The van der Waals surface area contributed by atoms with Crippen LogP contribution in [0.1, 0.15) is 28.4 Å². The van der Waals surface area contributed by atoms with Crippen LogP contribution in [0.2, 0.25) is 0 Å². The second kappa shape index (κ2) is 4.37. The standard InChI is InChI=1S/C17H17NO2/c1-17(12-8-10-13(20-3)11-9-12)15-7-5-4-6-14(15)16(19)18(17)2/h4-11H,1-3H3. The van der Waals surface area contributed by atoms with E-state index in [0.717, 1.165) is 22.4 Å². The molecule has 3 rings (SSSR count). The van der Waals surface area contributed by atoms with E-state index < -0.39 is 5.54 Å². The Balaban J connectivity index is 2.17. The van der Waals surface area contributed by atoms with Gasteiger partial charge in [-0.3, -0.25) is 4.79 Å². The first-order chi connectivity index (χ1) is 9.59. The van der Waals surface area contributed by atoms with Crippen LogP contribution >= 0.6 is 0 Å². The van der Waals surface area contributed by atoms with Crippen LogP contribution in [0.4, 0.5) is 0 Å². The molecule has 1 amide bonds. The summed E-state index contributed by atoms with van der Waals surface area (Å²) in [4.78, 5) is 14.2. The maximum atomic E-state index is 12.4. The molecule has 0 N–H and O–H groups in total. The van der Waals surface area contributed by atoms with Crippen molar-refractivity contribution < 1.29 is 9.53 Å². The summed E-state index contributed by atoms with van der Waals surface area (Å²) < 4.78 is 5.20. The summed E-state index contributed by atoms with van der Waals surface area (Å²) in [5.41, 5.74) is 2.49. The molecule has 0 aromatic heterocycles. The molecule has 0 bridgehead atoms. The Morgan fingerprint density at radius 3 is 2.35 bits per heavy atom. The SMILES string of the molecule is COc1ccc(C2(C)c3ccccc3C(=O)N2C)cc1. The van der Waals surface area contributed by atoms with E-state index in [1.54, 1.807) is 12.0 Å². The number of fused-ring (bicyclic) bond motifs is 1. The Labute approximate surface area is 118 Å². The van der Waals surface area contributed by atoms with Crippen LogP contribution in [0.5, 0.6) is 5.75 Å². The molecule has 102 valence electrons. The van der Waals surface area contributed by atoms with Crippen molar-refractivity contribution in [3.63, 3.8) is 0 Å². The third-order valence-electron chi connectivity index (χ3n) is 4.31. The van der Waals surface area contributed by atoms with Crippen LogP contribution in [0, 0.1) is 0 Å². The minimum absolute atomic E-state index is 0.0684. The molecule has 20 heavy (non-hydrogen) atoms. The fourth-order valence-corrected chi connectivity index (χ4v) is 2.92. The van der Waals surface area contributed by atoms with E-state index >= 15 is 0 Å². The van der Waals surface area contributed by atoms with Crippen LogP contribution in [0.15, 0.2) is 48.5 Å². The van der Waals surface area contributed by atoms with E-state index in [4.69, 9.17) is 4.74 Å². The van der Waals surface area contributed by atoms with Gasteiger partial charge in [-0.05, 0) is 36.2 Å². The molecule has 1 unspecified atom stereocenters. The molecule has 1 atom stereocenters. The van der Waals surface area contributed by atoms with Crippen molar-refractivity contribution in [1.82, 2.24) is 4.90 Å². The second-order valence-corrected chi connectivity index (χ2v) is 5.21. The lowest BCUT2D eigenvalue weighted by atomic mass is 9.85. The molecule has 0 radical (unpaired) electrons. The van der Waals surface area contributed by atoms with Gasteiger partial charge >= 0.3 is 0 Å². The predicted molar refractivity (Wildman–Crippen MR) is 78.0 cm³/mol. The van der Waals surface area contributed by atoms with E-state index in [9.17, 15) is 4.79 Å². The van der Waals surface area contributed by atoms with E-state index in [0.29, 0.717) is 0 Å². The minimum atomic E-state index is -0.431. The fraction of sp³-hybridized carbons (Fsp3) is 0.235. The third-order valence-corrected chi connectivity index (χ3v) is 4.31. The number of rotatable bonds is 2. The summed E-state index contributed by atoms with van der Waals surface area (Å²) >= 11 is 0. The summed E-state index contributed by atoms with van der Waals surface area (Å²) in [5.74, 6) is 0.886. The molecule has 0 spiro atoms. The van der Waals surface area contributed by atoms with Crippen molar-refractivity contribution in [2.75, 3.05) is 14.2 Å². The highest BCUT2D eigenvalue weighted by atomic mass is 16.5. The van der Waals surface area contributed by atoms with Gasteiger partial charge in [0.1, 0.15) is 5.75 Å². The van der Waals surface area contributed by atoms with Crippen molar-refractivity contribution in [3.8, 4) is 5.75 Å². The molecule has 2 aromatic carbocycles. The Morgan fingerprint density at radius 1 is 1.05 bits per heavy atom. The summed E-state index contributed by atoms with van der Waals surface area (Å²) in [6.07, 6.45) is 0. The van der Waals surface area contributed by atoms with Crippen LogP contribution in [-0.2, 0) is 5.54 Å². The molecule has 3 nitrogen and oxygen atoms in total. The normalized spacial score (nSPS) is 20.9. The molecule has 1 heterocycles. The lowest BCUT2D eigenvalue weighted by Crippen LogP contribution is -2.39. The van der Waals surface area contributed by atoms with Crippen molar-refractivity contribution in [3.05, 3.63) is 65.2 Å². The summed E-state index contributed by atoms with van der Waals surface area (Å²) in [6.45, 7) is 2.08. The Bertz CT molecular complexity index is 663. The number of nitrogens with zero attached hydrogens (tertiary/aromatic N) is 1. The topological polar surface area (TPSA) is 29.5 Å². The molecule has 0 saturated heterocycles. The van der Waals surface area contributed by atoms with E-state index in [1.165, 1.54) is 0 Å². The molecular weight excluding hydrogens is 250 g/mol. The quantitative estimate of drug-likeness (QED) is 0.837. The highest BCUT2D eigenvalue weighted by Gasteiger charge is 2.45. The van der Waals surface area contributed by atoms with E-state index in [2.05, 4.69) is 6.92 Å². The van der Waals surface area contributed by atoms with Gasteiger partial charge in [-0.2, -0.15) is 0 Å². The summed E-state index contributed by atoms with van der Waals surface area (Å²) in [7, 11) is 3.50. The zero-order chi connectivity index (χ0) is 14.3. The lowest BCUT2D eigenvalue weighted by molar-refractivity contribution is 0.0716. The van der Waals surface area contributed by atoms with Crippen molar-refractivity contribution in [2.45, 2.75) is 12.5 Å². The van der Waals surface area contributed by atoms with Gasteiger partial charge in [0.05, 0.1) is 12.6 Å². The Morgan fingerprint density at radius 2 is 1.70 bits per heavy atom. The van der Waals surface area contributed by atoms with Crippen molar-refractivity contribution >= 4 is 5.91 Å². The van der Waals surface area contributed by atoms with Gasteiger partial charge in [-0.1, -0.05) is 30.3 Å². The smallest absolute Gasteiger partial charge is 0.254 e. The number of ether oxygens (including phenoxy) is 1. The van der Waals surface area contributed by atoms with Gasteiger partial charge in [0.2, 0.25) is 0 Å². The first-order valence-electron chi connectivity index (χ1n) is 6.61. The highest BCUT2D eigenvalue weighted by Crippen LogP contribution is 2.43. The average Bonchev–Trinajstić information content (AvgIpc) is 2.71. The van der Waals surface area contributed by atoms with Gasteiger partial charge in [0, 0.05) is 12.6 Å². The van der Waals surface area contributed by atoms with Gasteiger partial charge in [0.25, 0.3) is 5.91 Å². The first-order valence-corrected chi connectivity index (χ1v) is 6.61. The minimum Gasteiger partial charge on any atom is -0.497 e. The largest absolute Gasteiger partial charge is 0.497 e. The Hall–Kier alpha value is -2.29. The van der Waals surface area contributed by atoms with Crippen molar-refractivity contribution in [2.24, 2.45) is 0 Å². The van der Waals surface area contributed by atoms with Crippen LogP contribution in [0.25, 0.3) is 0 Å². The zero-order valence-electron chi connectivity index (χ0n) is 11.9. The number of hydrogen-bond donors (Lipinski definition) is 0. The number of carbonyl (C=O) groups excluding carboxylic acids is 1. The van der Waals surface area contributed by atoms with Gasteiger partial charge < -0.3 is 9.64 Å². The van der Waals surface area contributed by atoms with Crippen LogP contribution < -0.4 is 4.74 Å². The number of benzene rings is 2. The fourth-order valence-electron chi connectivity index (χ4n) is 2.92. The van der Waals surface area contributed by atoms with Gasteiger partial charge in [-0.25, -0.2) is 0 Å². The number of hydrogen-bond acceptors (Lipinski definition) is 2. The van der Waals surface area contributed by atoms with Crippen molar-refractivity contribution in [1.29, 1.82) is 0 Å². The molecule has 2 aromatic rings. The monoisotopic (exact) mass is 267 g/mol. The summed E-state index contributed by atoms with van der Waals surface area (Å²) in [5, 5.41) is 0. The molecule has 1 aliphatic rings. The molecular formula is C17H17NO2. The maximum absolute atomic E-state index is 12.4. The van der Waals surface area contributed by atoms with E-state index in [-0.39, 0.29) is 5.91 Å². The van der Waals surface area contributed by atoms with Crippen LogP contribution in [-0.4, -0.2) is 25.0 Å². The average molecular weight is 267 g/mol. The highest BCUT2D eigenvalue weighted by molar-refractivity contribution is 6.00. The molecule has 0 fully saturated rings. The van der Waals surface area contributed by atoms with Gasteiger partial charge in [0.15, 0.2) is 0 Å². The summed E-state index contributed by atoms with van der Waals surface area (Å²) in [6, 6.07) is 15.7. The second-order valence-electron chi connectivity index (χ2n) is 5.21. The molecule has 3 heteroatoms. The third kappa shape index (κ3) is 1.56. The molecule has 0 saturated carbocycles. The number of amides is 1. The lowest BCUT2D eigenvalue weighted by Gasteiger charge is -2.34. The Kier molecular flexibility index (Phi) is 2.78. The first kappa shape index (κ1) is 12.7.